The Morgan fingerprint density at radius 1 is 1.11 bits per heavy atom. The molecule has 0 radical (unpaired) electrons. The molecule has 0 N–H and O–H groups in total. The van der Waals surface area contributed by atoms with Crippen molar-refractivity contribution in [3.63, 3.8) is 0 Å². The molecule has 1 aromatic heterocycles. The Morgan fingerprint density at radius 3 is 2.63 bits per heavy atom. The standard InChI is InChI=1S/C22H32N4O/c1-25(17-20-15-23-22(24-16-20)11-14-27-2)21-9-6-12-26(18-21)13-10-19-7-4-3-5-8-19/h3-5,7-8,15-16,21H,6,9-14,17-18H2,1-2H3/t21-/m1/s1. The normalized spacial score (nSPS) is 18.1. The summed E-state index contributed by atoms with van der Waals surface area (Å²) in [6, 6.07) is 11.4. The fourth-order valence-electron chi connectivity index (χ4n) is 3.73. The van der Waals surface area contributed by atoms with Gasteiger partial charge in [0.2, 0.25) is 0 Å². The summed E-state index contributed by atoms with van der Waals surface area (Å²) in [7, 11) is 3.93. The second kappa shape index (κ2) is 10.5. The first-order chi connectivity index (χ1) is 13.2. The maximum atomic E-state index is 5.09. The summed E-state index contributed by atoms with van der Waals surface area (Å²) in [5, 5.41) is 0. The fraction of sp³-hybridized carbons (Fsp3) is 0.545. The average Bonchev–Trinajstić information content (AvgIpc) is 2.73. The van der Waals surface area contributed by atoms with Crippen molar-refractivity contribution in [2.24, 2.45) is 0 Å². The number of rotatable bonds is 9. The van der Waals surface area contributed by atoms with Crippen molar-refractivity contribution in [3.05, 3.63) is 59.7 Å². The van der Waals surface area contributed by atoms with Gasteiger partial charge in [-0.05, 0) is 38.4 Å². The SMILES string of the molecule is COCCc1ncc(CN(C)[C@@H]2CCCN(CCc3ccccc3)C2)cn1. The van der Waals surface area contributed by atoms with Crippen LogP contribution in [0.4, 0.5) is 0 Å². The monoisotopic (exact) mass is 368 g/mol. The van der Waals surface area contributed by atoms with Crippen LogP contribution in [0, 0.1) is 0 Å². The summed E-state index contributed by atoms with van der Waals surface area (Å²) < 4.78 is 5.09. The summed E-state index contributed by atoms with van der Waals surface area (Å²) >= 11 is 0. The molecule has 0 saturated carbocycles. The van der Waals surface area contributed by atoms with Crippen LogP contribution in [-0.4, -0.2) is 66.2 Å². The summed E-state index contributed by atoms with van der Waals surface area (Å²) in [5.74, 6) is 0.855. The molecule has 1 aliphatic rings. The zero-order chi connectivity index (χ0) is 18.9. The van der Waals surface area contributed by atoms with E-state index in [1.165, 1.54) is 30.5 Å². The molecule has 0 bridgehead atoms. The molecule has 2 aromatic rings. The number of hydrogen-bond acceptors (Lipinski definition) is 5. The van der Waals surface area contributed by atoms with Crippen LogP contribution in [0.1, 0.15) is 29.8 Å². The van der Waals surface area contributed by atoms with E-state index >= 15 is 0 Å². The largest absolute Gasteiger partial charge is 0.384 e. The lowest BCUT2D eigenvalue weighted by Crippen LogP contribution is -2.46. The molecule has 1 fully saturated rings. The van der Waals surface area contributed by atoms with Gasteiger partial charge in [-0.1, -0.05) is 30.3 Å². The second-order valence-corrected chi connectivity index (χ2v) is 7.50. The smallest absolute Gasteiger partial charge is 0.130 e. The van der Waals surface area contributed by atoms with E-state index in [-0.39, 0.29) is 0 Å². The quantitative estimate of drug-likeness (QED) is 0.681. The summed E-state index contributed by atoms with van der Waals surface area (Å²) in [5.41, 5.74) is 2.61. The Morgan fingerprint density at radius 2 is 1.89 bits per heavy atom. The summed E-state index contributed by atoms with van der Waals surface area (Å²) in [6.07, 6.45) is 8.37. The van der Waals surface area contributed by atoms with E-state index in [1.807, 2.05) is 12.4 Å². The number of benzene rings is 1. The molecule has 3 rings (SSSR count). The van der Waals surface area contributed by atoms with Crippen LogP contribution < -0.4 is 0 Å². The lowest BCUT2D eigenvalue weighted by atomic mass is 10.0. The Balaban J connectivity index is 1.46. The number of likely N-dealkylation sites (tertiary alicyclic amines) is 1. The predicted octanol–water partition coefficient (Wildman–Crippen LogP) is 2.80. The van der Waals surface area contributed by atoms with Crippen LogP contribution in [-0.2, 0) is 24.1 Å². The molecule has 0 spiro atoms. The van der Waals surface area contributed by atoms with Gasteiger partial charge in [0.05, 0.1) is 6.61 Å². The lowest BCUT2D eigenvalue weighted by molar-refractivity contribution is 0.112. The number of nitrogens with zero attached hydrogens (tertiary/aromatic N) is 4. The molecule has 0 amide bonds. The van der Waals surface area contributed by atoms with Crippen molar-refractivity contribution >= 4 is 0 Å². The number of likely N-dealkylation sites (N-methyl/N-ethyl adjacent to an activating group) is 1. The molecular formula is C22H32N4O. The Bertz CT molecular complexity index is 662. The first-order valence-electron chi connectivity index (χ1n) is 10.00. The molecule has 5 nitrogen and oxygen atoms in total. The van der Waals surface area contributed by atoms with Crippen molar-refractivity contribution in [2.75, 3.05) is 40.4 Å². The van der Waals surface area contributed by atoms with Crippen molar-refractivity contribution in [1.82, 2.24) is 19.8 Å². The molecule has 146 valence electrons. The van der Waals surface area contributed by atoms with Crippen molar-refractivity contribution in [1.29, 1.82) is 0 Å². The fourth-order valence-corrected chi connectivity index (χ4v) is 3.73. The van der Waals surface area contributed by atoms with E-state index in [0.717, 1.165) is 38.3 Å². The number of piperidine rings is 1. The zero-order valence-corrected chi connectivity index (χ0v) is 16.7. The topological polar surface area (TPSA) is 41.5 Å². The molecule has 0 aliphatic carbocycles. The van der Waals surface area contributed by atoms with E-state index in [0.29, 0.717) is 12.6 Å². The third kappa shape index (κ3) is 6.38. The molecule has 1 atom stereocenters. The van der Waals surface area contributed by atoms with Gasteiger partial charge in [-0.25, -0.2) is 9.97 Å². The number of hydrogen-bond donors (Lipinski definition) is 0. The Kier molecular flexibility index (Phi) is 7.75. The predicted molar refractivity (Wildman–Crippen MR) is 109 cm³/mol. The second-order valence-electron chi connectivity index (χ2n) is 7.50. The molecular weight excluding hydrogens is 336 g/mol. The minimum Gasteiger partial charge on any atom is -0.384 e. The van der Waals surface area contributed by atoms with Crippen LogP contribution in [0.3, 0.4) is 0 Å². The highest BCUT2D eigenvalue weighted by Gasteiger charge is 2.23. The van der Waals surface area contributed by atoms with E-state index in [9.17, 15) is 0 Å². The van der Waals surface area contributed by atoms with Gasteiger partial charge in [-0.2, -0.15) is 0 Å². The average molecular weight is 369 g/mol. The maximum absolute atomic E-state index is 5.09. The highest BCUT2D eigenvalue weighted by atomic mass is 16.5. The van der Waals surface area contributed by atoms with Gasteiger partial charge in [-0.3, -0.25) is 4.90 Å². The van der Waals surface area contributed by atoms with Gasteiger partial charge in [0.1, 0.15) is 5.82 Å². The van der Waals surface area contributed by atoms with Crippen molar-refractivity contribution < 1.29 is 4.74 Å². The van der Waals surface area contributed by atoms with Crippen LogP contribution in [0.15, 0.2) is 42.7 Å². The molecule has 1 aromatic carbocycles. The summed E-state index contributed by atoms with van der Waals surface area (Å²) in [6.45, 7) is 5.08. The summed E-state index contributed by atoms with van der Waals surface area (Å²) in [4.78, 5) is 14.0. The molecule has 0 unspecified atom stereocenters. The number of ether oxygens (including phenoxy) is 1. The lowest BCUT2D eigenvalue weighted by Gasteiger charge is -2.37. The minimum atomic E-state index is 0.600. The van der Waals surface area contributed by atoms with Crippen LogP contribution in [0.2, 0.25) is 0 Å². The van der Waals surface area contributed by atoms with Crippen LogP contribution in [0.5, 0.6) is 0 Å². The molecule has 27 heavy (non-hydrogen) atoms. The van der Waals surface area contributed by atoms with E-state index in [4.69, 9.17) is 4.74 Å². The first kappa shape index (κ1) is 19.9. The molecule has 2 heterocycles. The Hall–Kier alpha value is -1.82. The number of methoxy groups -OCH3 is 1. The maximum Gasteiger partial charge on any atom is 0.130 e. The van der Waals surface area contributed by atoms with Crippen molar-refractivity contribution in [2.45, 2.75) is 38.3 Å². The van der Waals surface area contributed by atoms with Gasteiger partial charge in [0.25, 0.3) is 0 Å². The Labute approximate surface area is 163 Å². The highest BCUT2D eigenvalue weighted by molar-refractivity contribution is 5.15. The van der Waals surface area contributed by atoms with Crippen LogP contribution in [0.25, 0.3) is 0 Å². The minimum absolute atomic E-state index is 0.600. The third-order valence-electron chi connectivity index (χ3n) is 5.38. The van der Waals surface area contributed by atoms with E-state index in [1.54, 1.807) is 7.11 Å². The van der Waals surface area contributed by atoms with Crippen LogP contribution >= 0.6 is 0 Å². The van der Waals surface area contributed by atoms with Crippen molar-refractivity contribution in [3.8, 4) is 0 Å². The van der Waals surface area contributed by atoms with Gasteiger partial charge >= 0.3 is 0 Å². The zero-order valence-electron chi connectivity index (χ0n) is 16.7. The highest BCUT2D eigenvalue weighted by Crippen LogP contribution is 2.17. The first-order valence-corrected chi connectivity index (χ1v) is 10.00. The van der Waals surface area contributed by atoms with Gasteiger partial charge < -0.3 is 9.64 Å². The third-order valence-corrected chi connectivity index (χ3v) is 5.38. The van der Waals surface area contributed by atoms with Gasteiger partial charge in [0, 0.05) is 57.2 Å². The molecule has 1 saturated heterocycles. The van der Waals surface area contributed by atoms with E-state index < -0.39 is 0 Å². The number of aromatic nitrogens is 2. The van der Waals surface area contributed by atoms with E-state index in [2.05, 4.69) is 57.1 Å². The molecule has 5 heteroatoms. The molecule has 1 aliphatic heterocycles. The van der Waals surface area contributed by atoms with Gasteiger partial charge in [-0.15, -0.1) is 0 Å². The van der Waals surface area contributed by atoms with Gasteiger partial charge in [0.15, 0.2) is 0 Å².